The standard InChI is InChI=1S/C18H19N5O2/c1-11-17(22-23-21-11)18(24)20-16-10-25-9-13(16)8-12-6-7-19-15-5-3-2-4-14(12)15/h2-7,13,16H,8-10H2,1H3,(H,20,24)(H,21,22,23)/t13-,16-/m1/s1. The van der Waals surface area contributed by atoms with Crippen LogP contribution in [0, 0.1) is 12.8 Å². The Kier molecular flexibility index (Phi) is 4.15. The minimum atomic E-state index is -0.216. The van der Waals surface area contributed by atoms with Gasteiger partial charge in [0.2, 0.25) is 0 Å². The van der Waals surface area contributed by atoms with Gasteiger partial charge in [-0.1, -0.05) is 18.2 Å². The maximum Gasteiger partial charge on any atom is 0.274 e. The molecule has 2 atom stereocenters. The molecule has 0 spiro atoms. The highest BCUT2D eigenvalue weighted by Gasteiger charge is 2.31. The highest BCUT2D eigenvalue weighted by atomic mass is 16.5. The maximum absolute atomic E-state index is 12.4. The second kappa shape index (κ2) is 6.60. The van der Waals surface area contributed by atoms with Gasteiger partial charge >= 0.3 is 0 Å². The van der Waals surface area contributed by atoms with Gasteiger partial charge in [-0.25, -0.2) is 0 Å². The average Bonchev–Trinajstić information content (AvgIpc) is 3.24. The Bertz CT molecular complexity index is 902. The molecular weight excluding hydrogens is 318 g/mol. The number of hydrogen-bond donors (Lipinski definition) is 2. The van der Waals surface area contributed by atoms with Gasteiger partial charge in [0.25, 0.3) is 5.91 Å². The van der Waals surface area contributed by atoms with Gasteiger partial charge in [-0.3, -0.25) is 9.78 Å². The average molecular weight is 337 g/mol. The van der Waals surface area contributed by atoms with Crippen molar-refractivity contribution in [1.82, 2.24) is 25.7 Å². The van der Waals surface area contributed by atoms with Gasteiger partial charge in [-0.05, 0) is 31.0 Å². The number of carbonyl (C=O) groups is 1. The summed E-state index contributed by atoms with van der Waals surface area (Å²) < 4.78 is 5.63. The molecule has 1 saturated heterocycles. The Balaban J connectivity index is 1.52. The maximum atomic E-state index is 12.4. The topological polar surface area (TPSA) is 92.8 Å². The number of nitrogens with one attached hydrogen (secondary N) is 2. The molecule has 1 fully saturated rings. The monoisotopic (exact) mass is 337 g/mol. The molecular formula is C18H19N5O2. The number of H-pyrrole nitrogens is 1. The van der Waals surface area contributed by atoms with Crippen molar-refractivity contribution in [3.63, 3.8) is 0 Å². The minimum absolute atomic E-state index is 0.0458. The van der Waals surface area contributed by atoms with Crippen molar-refractivity contribution in [2.24, 2.45) is 5.92 Å². The number of fused-ring (bicyclic) bond motifs is 1. The van der Waals surface area contributed by atoms with Crippen molar-refractivity contribution in [1.29, 1.82) is 0 Å². The van der Waals surface area contributed by atoms with Crippen molar-refractivity contribution in [3.05, 3.63) is 53.5 Å². The quantitative estimate of drug-likeness (QED) is 0.755. The molecule has 1 aliphatic rings. The second-order valence-electron chi connectivity index (χ2n) is 6.33. The summed E-state index contributed by atoms with van der Waals surface area (Å²) in [6.07, 6.45) is 2.66. The fourth-order valence-corrected chi connectivity index (χ4v) is 3.31. The molecule has 2 aromatic heterocycles. The van der Waals surface area contributed by atoms with Crippen LogP contribution in [0.2, 0.25) is 0 Å². The van der Waals surface area contributed by atoms with E-state index in [9.17, 15) is 4.79 Å². The number of ether oxygens (including phenoxy) is 1. The summed E-state index contributed by atoms with van der Waals surface area (Å²) in [7, 11) is 0. The molecule has 1 amide bonds. The van der Waals surface area contributed by atoms with Crippen LogP contribution in [0.25, 0.3) is 10.9 Å². The first kappa shape index (κ1) is 15.7. The molecule has 0 bridgehead atoms. The number of rotatable bonds is 4. The summed E-state index contributed by atoms with van der Waals surface area (Å²) in [5.74, 6) is -0.00620. The fraction of sp³-hybridized carbons (Fsp3) is 0.333. The highest BCUT2D eigenvalue weighted by molar-refractivity contribution is 5.93. The lowest BCUT2D eigenvalue weighted by Gasteiger charge is -2.19. The smallest absolute Gasteiger partial charge is 0.274 e. The predicted molar refractivity (Wildman–Crippen MR) is 92.1 cm³/mol. The van der Waals surface area contributed by atoms with Gasteiger partial charge in [-0.2, -0.15) is 15.4 Å². The number of aromatic nitrogens is 4. The number of carbonyl (C=O) groups excluding carboxylic acids is 1. The van der Waals surface area contributed by atoms with E-state index in [-0.39, 0.29) is 17.9 Å². The molecule has 0 radical (unpaired) electrons. The Labute approximate surface area is 144 Å². The van der Waals surface area contributed by atoms with Gasteiger partial charge in [-0.15, -0.1) is 0 Å². The van der Waals surface area contributed by atoms with E-state index in [4.69, 9.17) is 4.74 Å². The van der Waals surface area contributed by atoms with E-state index in [0.717, 1.165) is 17.3 Å². The van der Waals surface area contributed by atoms with Crippen LogP contribution in [0.4, 0.5) is 0 Å². The SMILES string of the molecule is Cc1n[nH]nc1C(=O)N[C@@H]1COC[C@H]1Cc1ccnc2ccccc12. The third kappa shape index (κ3) is 3.10. The van der Waals surface area contributed by atoms with Gasteiger partial charge < -0.3 is 10.1 Å². The molecule has 128 valence electrons. The van der Waals surface area contributed by atoms with Crippen molar-refractivity contribution >= 4 is 16.8 Å². The van der Waals surface area contributed by atoms with Crippen LogP contribution in [0.5, 0.6) is 0 Å². The number of aryl methyl sites for hydroxylation is 1. The van der Waals surface area contributed by atoms with Crippen LogP contribution in [-0.4, -0.2) is 45.6 Å². The lowest BCUT2D eigenvalue weighted by molar-refractivity contribution is 0.0919. The van der Waals surface area contributed by atoms with E-state index in [0.29, 0.717) is 24.6 Å². The zero-order valence-corrected chi connectivity index (χ0v) is 13.9. The molecule has 7 heteroatoms. The van der Waals surface area contributed by atoms with E-state index in [2.05, 4.69) is 31.8 Å². The Hall–Kier alpha value is -2.80. The minimum Gasteiger partial charge on any atom is -0.379 e. The van der Waals surface area contributed by atoms with E-state index >= 15 is 0 Å². The van der Waals surface area contributed by atoms with Crippen LogP contribution in [0.1, 0.15) is 21.7 Å². The second-order valence-corrected chi connectivity index (χ2v) is 6.33. The largest absolute Gasteiger partial charge is 0.379 e. The van der Waals surface area contributed by atoms with E-state index in [1.54, 1.807) is 6.92 Å². The lowest BCUT2D eigenvalue weighted by Crippen LogP contribution is -2.41. The normalized spacial score (nSPS) is 20.0. The van der Waals surface area contributed by atoms with Gasteiger partial charge in [0.15, 0.2) is 5.69 Å². The summed E-state index contributed by atoms with van der Waals surface area (Å²) >= 11 is 0. The van der Waals surface area contributed by atoms with Crippen molar-refractivity contribution < 1.29 is 9.53 Å². The first-order chi connectivity index (χ1) is 12.2. The first-order valence-corrected chi connectivity index (χ1v) is 8.31. The first-order valence-electron chi connectivity index (χ1n) is 8.31. The molecule has 2 N–H and O–H groups in total. The zero-order valence-electron chi connectivity index (χ0n) is 13.9. The van der Waals surface area contributed by atoms with Crippen LogP contribution < -0.4 is 5.32 Å². The Morgan fingerprint density at radius 1 is 1.28 bits per heavy atom. The molecule has 4 rings (SSSR count). The highest BCUT2D eigenvalue weighted by Crippen LogP contribution is 2.24. The van der Waals surface area contributed by atoms with Gasteiger partial charge in [0, 0.05) is 17.5 Å². The van der Waals surface area contributed by atoms with Crippen LogP contribution in [-0.2, 0) is 11.2 Å². The molecule has 3 heterocycles. The summed E-state index contributed by atoms with van der Waals surface area (Å²) in [5.41, 5.74) is 3.13. The molecule has 0 unspecified atom stereocenters. The number of pyridine rings is 1. The molecule has 1 aromatic carbocycles. The van der Waals surface area contributed by atoms with Crippen LogP contribution >= 0.6 is 0 Å². The van der Waals surface area contributed by atoms with Gasteiger partial charge in [0.1, 0.15) is 0 Å². The van der Waals surface area contributed by atoms with Crippen molar-refractivity contribution in [2.45, 2.75) is 19.4 Å². The van der Waals surface area contributed by atoms with Crippen LogP contribution in [0.15, 0.2) is 36.5 Å². The third-order valence-corrected chi connectivity index (χ3v) is 4.67. The summed E-state index contributed by atoms with van der Waals surface area (Å²) in [4.78, 5) is 16.8. The predicted octanol–water partition coefficient (Wildman–Crippen LogP) is 1.65. The van der Waals surface area contributed by atoms with Gasteiger partial charge in [0.05, 0.1) is 30.5 Å². The lowest BCUT2D eigenvalue weighted by atomic mass is 9.93. The number of para-hydroxylation sites is 1. The summed E-state index contributed by atoms with van der Waals surface area (Å²) in [6.45, 7) is 2.89. The molecule has 7 nitrogen and oxygen atoms in total. The van der Waals surface area contributed by atoms with E-state index in [1.165, 1.54) is 5.56 Å². The van der Waals surface area contributed by atoms with E-state index < -0.39 is 0 Å². The molecule has 0 saturated carbocycles. The third-order valence-electron chi connectivity index (χ3n) is 4.67. The molecule has 0 aliphatic carbocycles. The summed E-state index contributed by atoms with van der Waals surface area (Å²) in [6, 6.07) is 10.1. The van der Waals surface area contributed by atoms with Crippen molar-refractivity contribution in [2.75, 3.05) is 13.2 Å². The number of aromatic amines is 1. The molecule has 25 heavy (non-hydrogen) atoms. The number of nitrogens with zero attached hydrogens (tertiary/aromatic N) is 3. The Morgan fingerprint density at radius 2 is 2.16 bits per heavy atom. The zero-order chi connectivity index (χ0) is 17.2. The number of benzene rings is 1. The fourth-order valence-electron chi connectivity index (χ4n) is 3.31. The molecule has 3 aromatic rings. The summed E-state index contributed by atoms with van der Waals surface area (Å²) in [5, 5.41) is 14.5. The van der Waals surface area contributed by atoms with Crippen molar-refractivity contribution in [3.8, 4) is 0 Å². The van der Waals surface area contributed by atoms with E-state index in [1.807, 2.05) is 30.5 Å². The molecule has 1 aliphatic heterocycles. The van der Waals surface area contributed by atoms with Crippen LogP contribution in [0.3, 0.4) is 0 Å². The Morgan fingerprint density at radius 3 is 3.00 bits per heavy atom. The number of hydrogen-bond acceptors (Lipinski definition) is 5. The number of amides is 1.